The van der Waals surface area contributed by atoms with E-state index in [4.69, 9.17) is 0 Å². The van der Waals surface area contributed by atoms with Crippen molar-refractivity contribution in [1.82, 2.24) is 31.2 Å². The normalized spacial score (nSPS) is 16.9. The zero-order chi connectivity index (χ0) is 37.6. The Bertz CT molecular complexity index is 2160. The number of hydrogen-bond donors (Lipinski definition) is 6. The van der Waals surface area contributed by atoms with Crippen LogP contribution in [-0.4, -0.2) is 57.9 Å². The number of carbonyl (C=O) groups excluding carboxylic acids is 4. The van der Waals surface area contributed by atoms with Gasteiger partial charge < -0.3 is 51.0 Å². The molecule has 0 saturated carbocycles. The summed E-state index contributed by atoms with van der Waals surface area (Å²) in [6, 6.07) is 28.1. The predicted octanol–water partition coefficient (Wildman–Crippen LogP) is 1.32. The predicted molar refractivity (Wildman–Crippen MR) is 199 cm³/mol. The molecule has 2 amide bonds. The van der Waals surface area contributed by atoms with Gasteiger partial charge in [-0.1, -0.05) is 84.9 Å². The molecule has 13 heteroatoms. The molecule has 2 aromatic heterocycles. The molecule has 4 atom stereocenters. The van der Waals surface area contributed by atoms with Crippen molar-refractivity contribution in [2.75, 3.05) is 0 Å². The van der Waals surface area contributed by atoms with Crippen molar-refractivity contribution in [3.05, 3.63) is 143 Å². The molecular formula is C42H40CuN6O6. The number of aliphatic carboxylic acids is 2. The van der Waals surface area contributed by atoms with E-state index in [1.807, 2.05) is 97.1 Å². The second kappa shape index (κ2) is 17.6. The van der Waals surface area contributed by atoms with E-state index in [9.17, 15) is 29.4 Å². The van der Waals surface area contributed by atoms with Crippen LogP contribution in [-0.2, 0) is 75.0 Å². The fraction of sp³-hybridized carbons (Fsp3) is 0.238. The summed E-state index contributed by atoms with van der Waals surface area (Å²) in [6.07, 6.45) is 4.97. The standard InChI is InChI=1S/2C21H21N3O3.Cu/c2*25-20(18-9-13-5-1-2-6-14(13)11-23-18)24-19(21(26)27)10-15-12-22-17-8-4-3-7-16(15)17;/h2*1-8,12,18-19,22-23H,9-11H2,(H,24,25)(H,26,27);/q;;+2/p-2/t2*18-,19?;/m00./s1. The minimum Gasteiger partial charge on any atom is -0.548 e. The Kier molecular flexibility index (Phi) is 12.5. The average Bonchev–Trinajstić information content (AvgIpc) is 3.81. The van der Waals surface area contributed by atoms with Gasteiger partial charge in [-0.25, -0.2) is 0 Å². The summed E-state index contributed by atoms with van der Waals surface area (Å²) >= 11 is 0. The van der Waals surface area contributed by atoms with Crippen LogP contribution in [0.25, 0.3) is 21.8 Å². The summed E-state index contributed by atoms with van der Waals surface area (Å²) in [4.78, 5) is 54.8. The minimum atomic E-state index is -1.29. The zero-order valence-corrected chi connectivity index (χ0v) is 30.6. The first-order valence-corrected chi connectivity index (χ1v) is 18.0. The number of amides is 2. The van der Waals surface area contributed by atoms with Crippen LogP contribution in [0.1, 0.15) is 33.4 Å². The monoisotopic (exact) mass is 787 g/mol. The van der Waals surface area contributed by atoms with Gasteiger partial charge in [0, 0.05) is 60.1 Å². The Hall–Kier alpha value is -5.72. The van der Waals surface area contributed by atoms with Crippen LogP contribution >= 0.6 is 0 Å². The van der Waals surface area contributed by atoms with E-state index in [-0.39, 0.29) is 41.7 Å². The minimum absolute atomic E-state index is 0. The van der Waals surface area contributed by atoms with Crippen molar-refractivity contribution in [2.45, 2.75) is 62.9 Å². The maximum Gasteiger partial charge on any atom is 2.00 e. The molecule has 2 aliphatic heterocycles. The number of fused-ring (bicyclic) bond motifs is 4. The van der Waals surface area contributed by atoms with E-state index in [0.29, 0.717) is 25.9 Å². The second-order valence-electron chi connectivity index (χ2n) is 13.7. The summed E-state index contributed by atoms with van der Waals surface area (Å²) < 4.78 is 0. The number of aromatic nitrogens is 2. The Balaban J connectivity index is 0.000000184. The van der Waals surface area contributed by atoms with E-state index >= 15 is 0 Å². The number of aromatic amines is 2. The van der Waals surface area contributed by atoms with Crippen LogP contribution in [0, 0.1) is 0 Å². The molecule has 0 spiro atoms. The summed E-state index contributed by atoms with van der Waals surface area (Å²) in [7, 11) is 0. The van der Waals surface area contributed by atoms with Crippen molar-refractivity contribution in [2.24, 2.45) is 0 Å². The van der Waals surface area contributed by atoms with E-state index in [1.165, 1.54) is 0 Å². The molecule has 0 fully saturated rings. The maximum atomic E-state index is 12.6. The maximum absolute atomic E-state index is 12.6. The molecule has 2 unspecified atom stereocenters. The van der Waals surface area contributed by atoms with Crippen molar-refractivity contribution < 1.29 is 46.5 Å². The fourth-order valence-electron chi connectivity index (χ4n) is 7.25. The molecule has 6 N–H and O–H groups in total. The molecule has 4 aromatic carbocycles. The zero-order valence-electron chi connectivity index (χ0n) is 29.7. The van der Waals surface area contributed by atoms with E-state index in [2.05, 4.69) is 31.2 Å². The third-order valence-electron chi connectivity index (χ3n) is 10.2. The number of nitrogens with one attached hydrogen (secondary N) is 6. The first-order valence-electron chi connectivity index (χ1n) is 18.0. The van der Waals surface area contributed by atoms with Gasteiger partial charge in [0.05, 0.1) is 36.1 Å². The van der Waals surface area contributed by atoms with E-state index in [1.54, 1.807) is 12.4 Å². The van der Waals surface area contributed by atoms with Crippen molar-refractivity contribution >= 4 is 45.6 Å². The molecule has 55 heavy (non-hydrogen) atoms. The Morgan fingerprint density at radius 3 is 1.33 bits per heavy atom. The molecule has 0 saturated heterocycles. The molecule has 0 bridgehead atoms. The number of carboxylic acids is 2. The van der Waals surface area contributed by atoms with E-state index in [0.717, 1.165) is 55.2 Å². The molecule has 4 heterocycles. The second-order valence-corrected chi connectivity index (χ2v) is 13.7. The van der Waals surface area contributed by atoms with Gasteiger partial charge >= 0.3 is 17.1 Å². The summed E-state index contributed by atoms with van der Waals surface area (Å²) in [6.45, 7) is 1.18. The van der Waals surface area contributed by atoms with Gasteiger partial charge in [-0.15, -0.1) is 0 Å². The van der Waals surface area contributed by atoms with Crippen molar-refractivity contribution in [3.8, 4) is 0 Å². The number of carbonyl (C=O) groups is 4. The van der Waals surface area contributed by atoms with Gasteiger partial charge in [0.15, 0.2) is 0 Å². The van der Waals surface area contributed by atoms with Crippen LogP contribution < -0.4 is 31.5 Å². The Labute approximate surface area is 328 Å². The van der Waals surface area contributed by atoms with Crippen LogP contribution in [0.15, 0.2) is 109 Å². The first-order chi connectivity index (χ1) is 26.2. The summed E-state index contributed by atoms with van der Waals surface area (Å²) in [5.41, 5.74) is 8.08. The quantitative estimate of drug-likeness (QED) is 0.112. The molecule has 6 aromatic rings. The van der Waals surface area contributed by atoms with Gasteiger partial charge in [0.2, 0.25) is 11.8 Å². The number of hydrogen-bond acceptors (Lipinski definition) is 8. The number of rotatable bonds is 10. The van der Waals surface area contributed by atoms with Gasteiger partial charge in [-0.05, 0) is 58.4 Å². The molecular weight excluding hydrogens is 748 g/mol. The van der Waals surface area contributed by atoms with Crippen molar-refractivity contribution in [3.63, 3.8) is 0 Å². The fourth-order valence-corrected chi connectivity index (χ4v) is 7.25. The average molecular weight is 788 g/mol. The number of carboxylic acid groups (broad SMARTS) is 2. The SMILES string of the molecule is O=C([O-])C(Cc1c[nH]c2ccccc12)NC(=O)[C@@H]1Cc2ccccc2CN1.O=C([O-])C(Cc1c[nH]c2ccccc12)NC(=O)[C@@H]1Cc2ccccc2CN1.[Cu+2]. The molecule has 8 rings (SSSR count). The smallest absolute Gasteiger partial charge is 0.548 e. The summed E-state index contributed by atoms with van der Waals surface area (Å²) in [5.74, 6) is -3.22. The van der Waals surface area contributed by atoms with Gasteiger partial charge in [0.25, 0.3) is 0 Å². The first kappa shape index (κ1) is 39.0. The third-order valence-corrected chi connectivity index (χ3v) is 10.2. The van der Waals surface area contributed by atoms with Crippen LogP contribution in [0.4, 0.5) is 0 Å². The Morgan fingerprint density at radius 1 is 0.564 bits per heavy atom. The van der Waals surface area contributed by atoms with Crippen molar-refractivity contribution in [1.29, 1.82) is 0 Å². The third kappa shape index (κ3) is 9.15. The van der Waals surface area contributed by atoms with Gasteiger partial charge in [-0.2, -0.15) is 0 Å². The Morgan fingerprint density at radius 2 is 0.927 bits per heavy atom. The van der Waals surface area contributed by atoms with Crippen LogP contribution in [0.3, 0.4) is 0 Å². The number of benzene rings is 4. The molecule has 1 radical (unpaired) electrons. The number of para-hydroxylation sites is 2. The molecule has 0 aliphatic carbocycles. The van der Waals surface area contributed by atoms with Crippen LogP contribution in [0.2, 0.25) is 0 Å². The van der Waals surface area contributed by atoms with E-state index < -0.39 is 36.1 Å². The van der Waals surface area contributed by atoms with Crippen LogP contribution in [0.5, 0.6) is 0 Å². The van der Waals surface area contributed by atoms with Gasteiger partial charge in [-0.3, -0.25) is 9.59 Å². The summed E-state index contributed by atoms with van der Waals surface area (Å²) in [5, 5.41) is 36.8. The molecule has 2 aliphatic rings. The molecule has 285 valence electrons. The topological polar surface area (TPSA) is 194 Å². The molecule has 12 nitrogen and oxygen atoms in total. The van der Waals surface area contributed by atoms with Gasteiger partial charge in [0.1, 0.15) is 0 Å². The largest absolute Gasteiger partial charge is 2.00 e. The number of H-pyrrole nitrogens is 2.